The molecule has 540 valence electrons. The van der Waals surface area contributed by atoms with Crippen molar-refractivity contribution in [2.45, 2.75) is 375 Å². The van der Waals surface area contributed by atoms with Crippen molar-refractivity contribution in [2.75, 3.05) is 39.6 Å². The van der Waals surface area contributed by atoms with Gasteiger partial charge in [0.1, 0.15) is 19.3 Å². The molecule has 91 heavy (non-hydrogen) atoms. The summed E-state index contributed by atoms with van der Waals surface area (Å²) in [6.07, 6.45) is 44.5. The smallest absolute Gasteiger partial charge is 0.462 e. The highest BCUT2D eigenvalue weighted by Crippen LogP contribution is 2.45. The SMILES string of the molecule is CCC(C)CCCCCCCCC(=O)OC[C@H](COP(=O)(O)OC[C@H](O)COP(=O)(O)OC[C@@H](COC(=O)CCCCCCCCCCCCCCCCC(C)C)OC(=O)CCCCCCCCCCCCCC(C)C)OC(=O)CCCCCCCCC(C)CC. The fraction of sp³-hybridized carbons (Fsp3) is 0.944. The van der Waals surface area contributed by atoms with Crippen molar-refractivity contribution in [1.29, 1.82) is 0 Å². The van der Waals surface area contributed by atoms with E-state index in [1.807, 2.05) is 0 Å². The second-order valence-electron chi connectivity index (χ2n) is 27.4. The normalized spacial score (nSPS) is 14.8. The zero-order chi connectivity index (χ0) is 67.5. The van der Waals surface area contributed by atoms with Gasteiger partial charge in [0.15, 0.2) is 12.2 Å². The number of carbonyl (C=O) groups is 4. The molecule has 0 saturated heterocycles. The molecule has 17 nitrogen and oxygen atoms in total. The average molecular weight is 1340 g/mol. The number of phosphoric ester groups is 2. The molecule has 0 aliphatic carbocycles. The van der Waals surface area contributed by atoms with Gasteiger partial charge in [-0.05, 0) is 49.4 Å². The van der Waals surface area contributed by atoms with Gasteiger partial charge in [-0.2, -0.15) is 0 Å². The van der Waals surface area contributed by atoms with E-state index in [0.717, 1.165) is 120 Å². The van der Waals surface area contributed by atoms with Gasteiger partial charge in [-0.15, -0.1) is 0 Å². The number of unbranched alkanes of at least 4 members (excludes halogenated alkanes) is 33. The second-order valence-corrected chi connectivity index (χ2v) is 30.3. The molecule has 4 unspecified atom stereocenters. The molecule has 0 aromatic carbocycles. The molecule has 0 fully saturated rings. The van der Waals surface area contributed by atoms with Crippen LogP contribution in [0.25, 0.3) is 0 Å². The molecule has 0 radical (unpaired) electrons. The Morgan fingerprint density at radius 1 is 0.308 bits per heavy atom. The summed E-state index contributed by atoms with van der Waals surface area (Å²) in [6, 6.07) is 0. The molecule has 0 aromatic rings. The van der Waals surface area contributed by atoms with Crippen LogP contribution >= 0.6 is 15.6 Å². The van der Waals surface area contributed by atoms with Crippen LogP contribution in [0.5, 0.6) is 0 Å². The molecule has 0 amide bonds. The number of aliphatic hydroxyl groups is 1. The number of esters is 4. The van der Waals surface area contributed by atoms with Crippen LogP contribution in [0.3, 0.4) is 0 Å². The van der Waals surface area contributed by atoms with Crippen molar-refractivity contribution in [2.24, 2.45) is 23.7 Å². The molecule has 0 spiro atoms. The first-order valence-corrected chi connectivity index (χ1v) is 40.3. The lowest BCUT2D eigenvalue weighted by Gasteiger charge is -2.21. The fourth-order valence-corrected chi connectivity index (χ4v) is 12.4. The monoisotopic (exact) mass is 1340 g/mol. The first-order valence-electron chi connectivity index (χ1n) is 37.3. The number of ether oxygens (including phenoxy) is 4. The maximum Gasteiger partial charge on any atom is 0.472 e. The van der Waals surface area contributed by atoms with E-state index in [1.165, 1.54) is 154 Å². The van der Waals surface area contributed by atoms with Gasteiger partial charge in [0.2, 0.25) is 0 Å². The standard InChI is InChI=1S/C72H140O17P2/c1-9-64(7)50-42-34-28-30-37-45-53-70(75)83-59-68(89-72(77)55-47-39-31-29-35-43-51-65(8)10-2)61-87-91(80,81)85-57-66(73)56-84-90(78,79)86-60-67(88-71(76)54-46-38-27-23-19-15-17-21-25-33-41-49-63(5)6)58-82-69(74)52-44-36-26-22-18-14-12-11-13-16-20-24-32-40-48-62(3)4/h62-68,73H,9-61H2,1-8H3,(H,78,79)(H,80,81)/t64?,65?,66-,67-,68-/m1/s1. The van der Waals surface area contributed by atoms with E-state index in [0.29, 0.717) is 25.7 Å². The van der Waals surface area contributed by atoms with Gasteiger partial charge < -0.3 is 33.8 Å². The molecule has 0 rings (SSSR count). The average Bonchev–Trinajstić information content (AvgIpc) is 3.39. The minimum atomic E-state index is -4.95. The van der Waals surface area contributed by atoms with Crippen molar-refractivity contribution < 1.29 is 80.2 Å². The van der Waals surface area contributed by atoms with Crippen LogP contribution in [0.15, 0.2) is 0 Å². The van der Waals surface area contributed by atoms with Crippen LogP contribution in [-0.4, -0.2) is 96.7 Å². The Hall–Kier alpha value is -1.94. The maximum atomic E-state index is 13.0. The molecule has 0 aromatic heterocycles. The fourth-order valence-electron chi connectivity index (χ4n) is 10.8. The van der Waals surface area contributed by atoms with Crippen molar-refractivity contribution in [3.8, 4) is 0 Å². The van der Waals surface area contributed by atoms with Crippen LogP contribution in [0.1, 0.15) is 357 Å². The highest BCUT2D eigenvalue weighted by atomic mass is 31.2. The highest BCUT2D eigenvalue weighted by Gasteiger charge is 2.30. The molecule has 0 aliphatic heterocycles. The molecule has 0 heterocycles. The first kappa shape index (κ1) is 89.1. The van der Waals surface area contributed by atoms with Gasteiger partial charge in [0, 0.05) is 25.7 Å². The molecular weight excluding hydrogens is 1200 g/mol. The number of carbonyl (C=O) groups excluding carboxylic acids is 4. The van der Waals surface area contributed by atoms with E-state index in [-0.39, 0.29) is 25.7 Å². The highest BCUT2D eigenvalue weighted by molar-refractivity contribution is 7.47. The first-order chi connectivity index (χ1) is 43.7. The van der Waals surface area contributed by atoms with E-state index in [9.17, 15) is 43.2 Å². The summed E-state index contributed by atoms with van der Waals surface area (Å²) < 4.78 is 68.3. The van der Waals surface area contributed by atoms with E-state index in [2.05, 4.69) is 55.4 Å². The summed E-state index contributed by atoms with van der Waals surface area (Å²) in [5, 5.41) is 10.6. The zero-order valence-corrected chi connectivity index (χ0v) is 61.3. The molecular formula is C72H140O17P2. The largest absolute Gasteiger partial charge is 0.472 e. The topological polar surface area (TPSA) is 237 Å². The van der Waals surface area contributed by atoms with Crippen molar-refractivity contribution in [3.05, 3.63) is 0 Å². The number of hydrogen-bond donors (Lipinski definition) is 3. The molecule has 0 aliphatic rings. The Labute approximate surface area is 556 Å². The zero-order valence-electron chi connectivity index (χ0n) is 59.5. The number of rotatable bonds is 69. The maximum absolute atomic E-state index is 13.0. The van der Waals surface area contributed by atoms with Crippen molar-refractivity contribution in [3.63, 3.8) is 0 Å². The summed E-state index contributed by atoms with van der Waals surface area (Å²) in [6.45, 7) is 14.1. The summed E-state index contributed by atoms with van der Waals surface area (Å²) in [5.41, 5.74) is 0. The van der Waals surface area contributed by atoms with Gasteiger partial charge in [-0.1, -0.05) is 306 Å². The molecule has 7 atom stereocenters. The number of phosphoric acid groups is 2. The van der Waals surface area contributed by atoms with Crippen LogP contribution < -0.4 is 0 Å². The Morgan fingerprint density at radius 2 is 0.527 bits per heavy atom. The Bertz CT molecular complexity index is 1800. The molecule has 19 heteroatoms. The van der Waals surface area contributed by atoms with E-state index in [1.54, 1.807) is 0 Å². The summed E-state index contributed by atoms with van der Waals surface area (Å²) in [7, 11) is -9.91. The minimum absolute atomic E-state index is 0.102. The van der Waals surface area contributed by atoms with E-state index >= 15 is 0 Å². The second kappa shape index (κ2) is 61.6. The predicted molar refractivity (Wildman–Crippen MR) is 367 cm³/mol. The number of aliphatic hydroxyl groups excluding tert-OH is 1. The molecule has 3 N–H and O–H groups in total. The van der Waals surface area contributed by atoms with E-state index < -0.39 is 97.5 Å². The minimum Gasteiger partial charge on any atom is -0.462 e. The molecule has 0 saturated carbocycles. The van der Waals surface area contributed by atoms with Crippen LogP contribution in [0, 0.1) is 23.7 Å². The van der Waals surface area contributed by atoms with Gasteiger partial charge in [-0.3, -0.25) is 37.3 Å². The summed E-state index contributed by atoms with van der Waals surface area (Å²) >= 11 is 0. The van der Waals surface area contributed by atoms with Crippen molar-refractivity contribution in [1.82, 2.24) is 0 Å². The molecule has 0 bridgehead atoms. The van der Waals surface area contributed by atoms with E-state index in [4.69, 9.17) is 37.0 Å². The van der Waals surface area contributed by atoms with Crippen LogP contribution in [0.4, 0.5) is 0 Å². The quantitative estimate of drug-likeness (QED) is 0.0222. The summed E-state index contributed by atoms with van der Waals surface area (Å²) in [5.74, 6) is 0.886. The van der Waals surface area contributed by atoms with Gasteiger partial charge >= 0.3 is 39.5 Å². The van der Waals surface area contributed by atoms with Crippen LogP contribution in [0.2, 0.25) is 0 Å². The third-order valence-corrected chi connectivity index (χ3v) is 19.2. The Kier molecular flexibility index (Phi) is 60.3. The lowest BCUT2D eigenvalue weighted by Crippen LogP contribution is -2.30. The lowest BCUT2D eigenvalue weighted by atomic mass is 10.00. The summed E-state index contributed by atoms with van der Waals surface area (Å²) in [4.78, 5) is 72.6. The predicted octanol–water partition coefficient (Wildman–Crippen LogP) is 20.5. The Morgan fingerprint density at radius 3 is 0.780 bits per heavy atom. The van der Waals surface area contributed by atoms with Gasteiger partial charge in [0.25, 0.3) is 0 Å². The van der Waals surface area contributed by atoms with Gasteiger partial charge in [-0.25, -0.2) is 9.13 Å². The number of hydrogen-bond acceptors (Lipinski definition) is 15. The Balaban J connectivity index is 5.24. The van der Waals surface area contributed by atoms with Crippen LogP contribution in [-0.2, 0) is 65.4 Å². The van der Waals surface area contributed by atoms with Crippen molar-refractivity contribution >= 4 is 39.5 Å². The third kappa shape index (κ3) is 63.9. The third-order valence-electron chi connectivity index (χ3n) is 17.3. The van der Waals surface area contributed by atoms with Gasteiger partial charge in [0.05, 0.1) is 26.4 Å². The lowest BCUT2D eigenvalue weighted by molar-refractivity contribution is -0.161.